The molecule has 8 heteroatoms. The molecule has 1 aliphatic heterocycles. The molecule has 0 spiro atoms. The van der Waals surface area contributed by atoms with E-state index in [4.69, 9.17) is 32.7 Å². The maximum Gasteiger partial charge on any atom is 0.279 e. The Balaban J connectivity index is 1.81. The molecule has 0 radical (unpaired) electrons. The van der Waals surface area contributed by atoms with Gasteiger partial charge in [0.15, 0.2) is 16.3 Å². The van der Waals surface area contributed by atoms with Gasteiger partial charge in [0.05, 0.1) is 10.2 Å². The molecule has 1 aromatic heterocycles. The normalized spacial score (nSPS) is 14.1. The lowest BCUT2D eigenvalue weighted by molar-refractivity contribution is 0.0998. The molecule has 0 atom stereocenters. The summed E-state index contributed by atoms with van der Waals surface area (Å²) in [5.74, 6) is 1.01. The van der Waals surface area contributed by atoms with Crippen LogP contribution < -0.4 is 14.3 Å². The highest BCUT2D eigenvalue weighted by Crippen LogP contribution is 2.35. The number of carbonyl (C=O) groups is 1. The molecular formula is C17H12Cl2N2O3S. The van der Waals surface area contributed by atoms with Crippen LogP contribution in [0.3, 0.4) is 0 Å². The van der Waals surface area contributed by atoms with Crippen molar-refractivity contribution in [3.05, 3.63) is 50.7 Å². The summed E-state index contributed by atoms with van der Waals surface area (Å²) in [6.07, 6.45) is 0. The van der Waals surface area contributed by atoms with Crippen LogP contribution in [0.1, 0.15) is 10.4 Å². The van der Waals surface area contributed by atoms with Crippen LogP contribution in [0.15, 0.2) is 35.3 Å². The zero-order chi connectivity index (χ0) is 17.6. The molecule has 128 valence electrons. The van der Waals surface area contributed by atoms with E-state index < -0.39 is 5.91 Å². The number of amides is 1. The first-order valence-electron chi connectivity index (χ1n) is 7.45. The molecule has 1 amide bonds. The van der Waals surface area contributed by atoms with Gasteiger partial charge in [-0.15, -0.1) is 0 Å². The van der Waals surface area contributed by atoms with E-state index in [-0.39, 0.29) is 0 Å². The second-order valence-electron chi connectivity index (χ2n) is 5.48. The molecular weight excluding hydrogens is 383 g/mol. The fourth-order valence-corrected chi connectivity index (χ4v) is 4.15. The van der Waals surface area contributed by atoms with Gasteiger partial charge in [0.25, 0.3) is 5.91 Å². The van der Waals surface area contributed by atoms with E-state index in [2.05, 4.69) is 4.99 Å². The summed E-state index contributed by atoms with van der Waals surface area (Å²) >= 11 is 13.3. The van der Waals surface area contributed by atoms with Crippen LogP contribution in [0.5, 0.6) is 11.5 Å². The number of thiazole rings is 1. The van der Waals surface area contributed by atoms with Crippen LogP contribution in [0.2, 0.25) is 10.0 Å². The van der Waals surface area contributed by atoms with E-state index in [1.165, 1.54) is 11.3 Å². The molecule has 0 fully saturated rings. The van der Waals surface area contributed by atoms with Crippen molar-refractivity contribution in [2.24, 2.45) is 12.0 Å². The minimum Gasteiger partial charge on any atom is -0.486 e. The van der Waals surface area contributed by atoms with E-state index in [9.17, 15) is 4.79 Å². The number of fused-ring (bicyclic) bond motifs is 2. The first-order valence-corrected chi connectivity index (χ1v) is 9.03. The lowest BCUT2D eigenvalue weighted by Crippen LogP contribution is -2.15. The van der Waals surface area contributed by atoms with Gasteiger partial charge in [-0.25, -0.2) is 0 Å². The lowest BCUT2D eigenvalue weighted by Gasteiger charge is -2.18. The van der Waals surface area contributed by atoms with Gasteiger partial charge >= 0.3 is 0 Å². The molecule has 0 unspecified atom stereocenters. The molecule has 0 N–H and O–H groups in total. The number of hydrogen-bond acceptors (Lipinski definition) is 4. The minimum absolute atomic E-state index is 0.348. The third-order valence-corrected chi connectivity index (χ3v) is 5.31. The van der Waals surface area contributed by atoms with Gasteiger partial charge in [0.1, 0.15) is 13.2 Å². The average Bonchev–Trinajstić information content (AvgIpc) is 2.87. The molecule has 0 bridgehead atoms. The maximum atomic E-state index is 12.5. The van der Waals surface area contributed by atoms with Gasteiger partial charge in [-0.3, -0.25) is 4.79 Å². The summed E-state index contributed by atoms with van der Waals surface area (Å²) in [6, 6.07) is 8.48. The van der Waals surface area contributed by atoms with E-state index in [1.807, 2.05) is 23.7 Å². The smallest absolute Gasteiger partial charge is 0.279 e. The second-order valence-corrected chi connectivity index (χ2v) is 7.36. The van der Waals surface area contributed by atoms with Crippen LogP contribution in [0, 0.1) is 0 Å². The lowest BCUT2D eigenvalue weighted by atomic mass is 10.2. The zero-order valence-electron chi connectivity index (χ0n) is 13.1. The average molecular weight is 395 g/mol. The van der Waals surface area contributed by atoms with Crippen LogP contribution >= 0.6 is 34.5 Å². The molecule has 5 nitrogen and oxygen atoms in total. The van der Waals surface area contributed by atoms with Crippen molar-refractivity contribution in [1.82, 2.24) is 4.57 Å². The molecule has 25 heavy (non-hydrogen) atoms. The number of hydrogen-bond donors (Lipinski definition) is 0. The van der Waals surface area contributed by atoms with Crippen molar-refractivity contribution in [2.45, 2.75) is 0 Å². The topological polar surface area (TPSA) is 52.8 Å². The number of nitrogens with zero attached hydrogens (tertiary/aromatic N) is 2. The van der Waals surface area contributed by atoms with Crippen molar-refractivity contribution in [1.29, 1.82) is 0 Å². The van der Waals surface area contributed by atoms with E-state index in [0.717, 1.165) is 10.2 Å². The molecule has 0 saturated carbocycles. The standard InChI is InChI=1S/C17H12Cl2N2O3S/c1-21-12-7-13-14(24-3-2-23-13)8-15(12)25-17(21)20-16(22)9-4-10(18)6-11(19)5-9/h4-8H,2-3H2,1H3. The van der Waals surface area contributed by atoms with Gasteiger partial charge < -0.3 is 14.0 Å². The number of ether oxygens (including phenoxy) is 2. The fourth-order valence-electron chi connectivity index (χ4n) is 2.60. The molecule has 3 aromatic rings. The molecule has 2 aromatic carbocycles. The number of aryl methyl sites for hydroxylation is 1. The van der Waals surface area contributed by atoms with Crippen LogP contribution in [-0.4, -0.2) is 23.7 Å². The molecule has 0 aliphatic carbocycles. The number of rotatable bonds is 1. The van der Waals surface area contributed by atoms with Crippen molar-refractivity contribution < 1.29 is 14.3 Å². The highest BCUT2D eigenvalue weighted by Gasteiger charge is 2.16. The van der Waals surface area contributed by atoms with Gasteiger partial charge in [0.2, 0.25) is 0 Å². The highest BCUT2D eigenvalue weighted by molar-refractivity contribution is 7.16. The van der Waals surface area contributed by atoms with Crippen molar-refractivity contribution in [2.75, 3.05) is 13.2 Å². The first kappa shape index (κ1) is 16.4. The largest absolute Gasteiger partial charge is 0.486 e. The summed E-state index contributed by atoms with van der Waals surface area (Å²) in [5.41, 5.74) is 1.27. The van der Waals surface area contributed by atoms with Crippen LogP contribution in [0.25, 0.3) is 10.2 Å². The quantitative estimate of drug-likeness (QED) is 0.625. The van der Waals surface area contributed by atoms with Gasteiger partial charge in [-0.1, -0.05) is 34.5 Å². The molecule has 0 saturated heterocycles. The Kier molecular flexibility index (Phi) is 4.19. The number of aromatic nitrogens is 1. The number of carbonyl (C=O) groups excluding carboxylic acids is 1. The molecule has 4 rings (SSSR count). The van der Waals surface area contributed by atoms with Crippen molar-refractivity contribution in [3.63, 3.8) is 0 Å². The van der Waals surface area contributed by atoms with Gasteiger partial charge in [-0.05, 0) is 18.2 Å². The Hall–Kier alpha value is -2.02. The monoisotopic (exact) mass is 394 g/mol. The van der Waals surface area contributed by atoms with Crippen molar-refractivity contribution >= 4 is 50.7 Å². The van der Waals surface area contributed by atoms with Crippen molar-refractivity contribution in [3.8, 4) is 11.5 Å². The third-order valence-electron chi connectivity index (χ3n) is 3.78. The fraction of sp³-hybridized carbons (Fsp3) is 0.176. The zero-order valence-corrected chi connectivity index (χ0v) is 15.4. The Morgan fingerprint density at radius 1 is 1.08 bits per heavy atom. The summed E-state index contributed by atoms with van der Waals surface area (Å²) < 4.78 is 14.0. The Morgan fingerprint density at radius 3 is 2.40 bits per heavy atom. The predicted octanol–water partition coefficient (Wildman–Crippen LogP) is 4.06. The minimum atomic E-state index is -0.399. The summed E-state index contributed by atoms with van der Waals surface area (Å²) in [4.78, 5) is 17.3. The Bertz CT molecular complexity index is 1050. The van der Waals surface area contributed by atoms with Gasteiger partial charge in [0, 0.05) is 34.8 Å². The highest BCUT2D eigenvalue weighted by atomic mass is 35.5. The molecule has 1 aliphatic rings. The number of halogens is 2. The van der Waals surface area contributed by atoms with Crippen LogP contribution in [0.4, 0.5) is 0 Å². The predicted molar refractivity (Wildman–Crippen MR) is 98.1 cm³/mol. The van der Waals surface area contributed by atoms with Gasteiger partial charge in [-0.2, -0.15) is 4.99 Å². The number of benzene rings is 2. The SMILES string of the molecule is Cn1c(=NC(=O)c2cc(Cl)cc(Cl)c2)sc2cc3c(cc21)OCCO3. The molecule has 2 heterocycles. The second kappa shape index (κ2) is 6.37. The first-order chi connectivity index (χ1) is 12.0. The van der Waals surface area contributed by atoms with E-state index >= 15 is 0 Å². The van der Waals surface area contributed by atoms with E-state index in [0.29, 0.717) is 45.1 Å². The Morgan fingerprint density at radius 2 is 1.72 bits per heavy atom. The summed E-state index contributed by atoms with van der Waals surface area (Å²) in [7, 11) is 1.85. The Labute approximate surface area is 157 Å². The third kappa shape index (κ3) is 3.13. The van der Waals surface area contributed by atoms with E-state index in [1.54, 1.807) is 18.2 Å². The van der Waals surface area contributed by atoms with Crippen LogP contribution in [-0.2, 0) is 7.05 Å². The maximum absolute atomic E-state index is 12.5. The summed E-state index contributed by atoms with van der Waals surface area (Å²) in [5, 5.41) is 0.794. The summed E-state index contributed by atoms with van der Waals surface area (Å²) in [6.45, 7) is 1.05.